The van der Waals surface area contributed by atoms with Crippen molar-refractivity contribution in [3.63, 3.8) is 0 Å². The van der Waals surface area contributed by atoms with Gasteiger partial charge in [-0.25, -0.2) is 8.42 Å². The Balaban J connectivity index is 1.75. The fourth-order valence-electron chi connectivity index (χ4n) is 3.01. The van der Waals surface area contributed by atoms with Gasteiger partial charge in [0, 0.05) is 41.4 Å². The number of halogens is 1. The Morgan fingerprint density at radius 2 is 1.93 bits per heavy atom. The van der Waals surface area contributed by atoms with Gasteiger partial charge in [0.2, 0.25) is 10.0 Å². The number of hydrogen-bond donors (Lipinski definition) is 2. The molecule has 0 saturated carbocycles. The third kappa shape index (κ3) is 4.40. The van der Waals surface area contributed by atoms with Crippen LogP contribution in [0, 0.1) is 6.92 Å². The molecule has 6 nitrogen and oxygen atoms in total. The van der Waals surface area contributed by atoms with Gasteiger partial charge in [-0.3, -0.25) is 4.79 Å². The van der Waals surface area contributed by atoms with Gasteiger partial charge in [-0.1, -0.05) is 15.9 Å². The van der Waals surface area contributed by atoms with Crippen LogP contribution < -0.4 is 10.6 Å². The Morgan fingerprint density at radius 3 is 2.56 bits per heavy atom. The topological polar surface area (TPSA) is 78.5 Å². The van der Waals surface area contributed by atoms with Crippen LogP contribution in [0.25, 0.3) is 0 Å². The number of rotatable bonds is 4. The summed E-state index contributed by atoms with van der Waals surface area (Å²) in [6, 6.07) is 11.6. The third-order valence-electron chi connectivity index (χ3n) is 4.58. The van der Waals surface area contributed by atoms with Crippen molar-refractivity contribution >= 4 is 37.5 Å². The molecule has 0 bridgehead atoms. The van der Waals surface area contributed by atoms with Crippen LogP contribution in [0.1, 0.15) is 22.8 Å². The summed E-state index contributed by atoms with van der Waals surface area (Å²) in [7, 11) is -3.54. The van der Waals surface area contributed by atoms with E-state index in [4.69, 9.17) is 0 Å². The second kappa shape index (κ2) is 8.10. The van der Waals surface area contributed by atoms with Gasteiger partial charge in [-0.15, -0.1) is 0 Å². The maximum Gasteiger partial charge on any atom is 0.255 e. The summed E-state index contributed by atoms with van der Waals surface area (Å²) in [5, 5.41) is 5.98. The lowest BCUT2D eigenvalue weighted by Gasteiger charge is -2.32. The number of sulfonamides is 1. The molecule has 27 heavy (non-hydrogen) atoms. The number of piperazine rings is 1. The fraction of sp³-hybridized carbons (Fsp3) is 0.316. The van der Waals surface area contributed by atoms with Gasteiger partial charge in [-0.05, 0) is 61.9 Å². The van der Waals surface area contributed by atoms with E-state index in [1.165, 1.54) is 16.4 Å². The number of amides is 1. The van der Waals surface area contributed by atoms with Gasteiger partial charge in [0.25, 0.3) is 5.91 Å². The predicted molar refractivity (Wildman–Crippen MR) is 109 cm³/mol. The van der Waals surface area contributed by atoms with Crippen molar-refractivity contribution in [1.29, 1.82) is 0 Å². The molecule has 0 spiro atoms. The SMILES string of the molecule is Cc1cc(C(=O)Nc2ccc(S(=O)(=O)N3CCNCC3C)cc2)ccc1Br. The van der Waals surface area contributed by atoms with Gasteiger partial charge in [-0.2, -0.15) is 4.31 Å². The molecule has 2 N–H and O–H groups in total. The first-order valence-corrected chi connectivity index (χ1v) is 10.9. The van der Waals surface area contributed by atoms with E-state index in [1.807, 2.05) is 19.9 Å². The summed E-state index contributed by atoms with van der Waals surface area (Å²) in [5.74, 6) is -0.239. The summed E-state index contributed by atoms with van der Waals surface area (Å²) >= 11 is 3.41. The molecule has 0 radical (unpaired) electrons. The molecule has 0 aromatic heterocycles. The average Bonchev–Trinajstić information content (AvgIpc) is 2.64. The van der Waals surface area contributed by atoms with Crippen molar-refractivity contribution in [2.75, 3.05) is 25.0 Å². The van der Waals surface area contributed by atoms with Crippen LogP contribution in [-0.4, -0.2) is 44.3 Å². The van der Waals surface area contributed by atoms with Crippen LogP contribution in [0.5, 0.6) is 0 Å². The Bertz CT molecular complexity index is 945. The minimum absolute atomic E-state index is 0.0937. The van der Waals surface area contributed by atoms with Crippen LogP contribution in [0.2, 0.25) is 0 Å². The van der Waals surface area contributed by atoms with Crippen molar-refractivity contribution in [2.24, 2.45) is 0 Å². The van der Waals surface area contributed by atoms with Gasteiger partial charge in [0.05, 0.1) is 4.90 Å². The number of carbonyl (C=O) groups is 1. The van der Waals surface area contributed by atoms with Crippen molar-refractivity contribution in [1.82, 2.24) is 9.62 Å². The lowest BCUT2D eigenvalue weighted by molar-refractivity contribution is 0.102. The first kappa shape index (κ1) is 20.0. The van der Waals surface area contributed by atoms with E-state index in [-0.39, 0.29) is 16.8 Å². The third-order valence-corrected chi connectivity index (χ3v) is 7.50. The van der Waals surface area contributed by atoms with E-state index >= 15 is 0 Å². The van der Waals surface area contributed by atoms with Crippen molar-refractivity contribution < 1.29 is 13.2 Å². The highest BCUT2D eigenvalue weighted by Crippen LogP contribution is 2.22. The van der Waals surface area contributed by atoms with Crippen LogP contribution in [0.4, 0.5) is 5.69 Å². The van der Waals surface area contributed by atoms with Gasteiger partial charge >= 0.3 is 0 Å². The summed E-state index contributed by atoms with van der Waals surface area (Å²) in [5.41, 5.74) is 2.06. The van der Waals surface area contributed by atoms with Gasteiger partial charge < -0.3 is 10.6 Å². The first-order valence-electron chi connectivity index (χ1n) is 8.69. The molecule has 1 aliphatic heterocycles. The smallest absolute Gasteiger partial charge is 0.255 e. The second-order valence-electron chi connectivity index (χ2n) is 6.61. The van der Waals surface area contributed by atoms with E-state index in [1.54, 1.807) is 24.3 Å². The highest BCUT2D eigenvalue weighted by molar-refractivity contribution is 9.10. The number of anilines is 1. The normalized spacial score (nSPS) is 18.3. The minimum atomic E-state index is -3.54. The number of nitrogens with one attached hydrogen (secondary N) is 2. The first-order chi connectivity index (χ1) is 12.8. The van der Waals surface area contributed by atoms with Crippen LogP contribution in [-0.2, 0) is 10.0 Å². The minimum Gasteiger partial charge on any atom is -0.322 e. The molecule has 2 aromatic rings. The fourth-order valence-corrected chi connectivity index (χ4v) is 4.89. The molecule has 2 aromatic carbocycles. The summed E-state index contributed by atoms with van der Waals surface area (Å²) < 4.78 is 28.1. The molecule has 1 aliphatic rings. The van der Waals surface area contributed by atoms with Crippen molar-refractivity contribution in [3.05, 3.63) is 58.1 Å². The molecular formula is C19H22BrN3O3S. The summed E-state index contributed by atoms with van der Waals surface area (Å²) in [6.07, 6.45) is 0. The van der Waals surface area contributed by atoms with Crippen LogP contribution >= 0.6 is 15.9 Å². The Hall–Kier alpha value is -1.74. The molecule has 3 rings (SSSR count). The molecule has 8 heteroatoms. The van der Waals surface area contributed by atoms with Gasteiger partial charge in [0.15, 0.2) is 0 Å². The predicted octanol–water partition coefficient (Wildman–Crippen LogP) is 2.99. The molecule has 144 valence electrons. The molecular weight excluding hydrogens is 430 g/mol. The molecule has 1 saturated heterocycles. The average molecular weight is 452 g/mol. The number of hydrogen-bond acceptors (Lipinski definition) is 4. The van der Waals surface area contributed by atoms with Crippen LogP contribution in [0.3, 0.4) is 0 Å². The second-order valence-corrected chi connectivity index (χ2v) is 9.36. The maximum absolute atomic E-state index is 12.8. The van der Waals surface area contributed by atoms with E-state index in [2.05, 4.69) is 26.6 Å². The summed E-state index contributed by atoms with van der Waals surface area (Å²) in [4.78, 5) is 12.6. The Morgan fingerprint density at radius 1 is 1.22 bits per heavy atom. The molecule has 1 unspecified atom stereocenters. The van der Waals surface area contributed by atoms with Crippen molar-refractivity contribution in [2.45, 2.75) is 24.8 Å². The molecule has 1 heterocycles. The largest absolute Gasteiger partial charge is 0.322 e. The molecule has 1 atom stereocenters. The number of carbonyl (C=O) groups excluding carboxylic acids is 1. The molecule has 1 amide bonds. The van der Waals surface area contributed by atoms with Gasteiger partial charge in [0.1, 0.15) is 0 Å². The lowest BCUT2D eigenvalue weighted by atomic mass is 10.1. The molecule has 1 fully saturated rings. The zero-order valence-corrected chi connectivity index (χ0v) is 17.6. The molecule has 0 aliphatic carbocycles. The van der Waals surface area contributed by atoms with Crippen molar-refractivity contribution in [3.8, 4) is 0 Å². The Kier molecular flexibility index (Phi) is 6.00. The van der Waals surface area contributed by atoms with E-state index < -0.39 is 10.0 Å². The number of nitrogens with zero attached hydrogens (tertiary/aromatic N) is 1. The standard InChI is InChI=1S/C19H22BrN3O3S/c1-13-11-15(3-8-18(13)20)19(24)22-16-4-6-17(7-5-16)27(25,26)23-10-9-21-12-14(23)2/h3-8,11,14,21H,9-10,12H2,1-2H3,(H,22,24). The Labute approximate surface area is 168 Å². The number of benzene rings is 2. The quantitative estimate of drug-likeness (QED) is 0.748. The van der Waals surface area contributed by atoms with E-state index in [0.717, 1.165) is 10.0 Å². The lowest BCUT2D eigenvalue weighted by Crippen LogP contribution is -2.52. The van der Waals surface area contributed by atoms with Crippen LogP contribution in [0.15, 0.2) is 51.8 Å². The zero-order valence-electron chi connectivity index (χ0n) is 15.2. The van der Waals surface area contributed by atoms with E-state index in [9.17, 15) is 13.2 Å². The highest BCUT2D eigenvalue weighted by Gasteiger charge is 2.30. The zero-order chi connectivity index (χ0) is 19.6. The number of aryl methyl sites for hydroxylation is 1. The maximum atomic E-state index is 12.8. The monoisotopic (exact) mass is 451 g/mol. The highest BCUT2D eigenvalue weighted by atomic mass is 79.9. The van der Waals surface area contributed by atoms with E-state index in [0.29, 0.717) is 30.9 Å². The summed E-state index contributed by atoms with van der Waals surface area (Å²) in [6.45, 7) is 5.53.